The van der Waals surface area contributed by atoms with Gasteiger partial charge in [-0.25, -0.2) is 0 Å². The molecule has 4 nitrogen and oxygen atoms in total. The number of hydrogen-bond acceptors (Lipinski definition) is 3. The van der Waals surface area contributed by atoms with Crippen molar-refractivity contribution in [1.29, 1.82) is 0 Å². The Hall–Kier alpha value is -2.11. The fourth-order valence-corrected chi connectivity index (χ4v) is 4.60. The second-order valence-electron chi connectivity index (χ2n) is 6.75. The van der Waals surface area contributed by atoms with Crippen LogP contribution in [0.15, 0.2) is 52.4 Å². The van der Waals surface area contributed by atoms with Gasteiger partial charge in [0.05, 0.1) is 10.7 Å². The number of aryl methyl sites for hydroxylation is 1. The number of amidine groups is 1. The van der Waals surface area contributed by atoms with Crippen molar-refractivity contribution in [3.8, 4) is 0 Å². The molecular weight excluding hydrogens is 368 g/mol. The molecule has 0 aliphatic carbocycles. The number of anilines is 1. The van der Waals surface area contributed by atoms with Gasteiger partial charge in [0.25, 0.3) is 10.0 Å². The van der Waals surface area contributed by atoms with Crippen LogP contribution in [0, 0.1) is 6.92 Å². The molecule has 2 aromatic carbocycles. The van der Waals surface area contributed by atoms with Gasteiger partial charge in [0, 0.05) is 5.57 Å². The van der Waals surface area contributed by atoms with E-state index in [1.807, 2.05) is 49.4 Å². The molecule has 3 rings (SSSR count). The van der Waals surface area contributed by atoms with Crippen molar-refractivity contribution >= 4 is 38.1 Å². The molecule has 0 unspecified atom stereocenters. The van der Waals surface area contributed by atoms with Gasteiger partial charge in [-0.1, -0.05) is 55.8 Å². The predicted octanol–water partition coefficient (Wildman–Crippen LogP) is 5.36. The van der Waals surface area contributed by atoms with Crippen LogP contribution < -0.4 is 5.32 Å². The summed E-state index contributed by atoms with van der Waals surface area (Å²) >= 11 is 6.24. The van der Waals surface area contributed by atoms with Crippen LogP contribution in [-0.4, -0.2) is 14.3 Å². The second-order valence-corrected chi connectivity index (χ2v) is 8.70. The monoisotopic (exact) mass is 388 g/mol. The van der Waals surface area contributed by atoms with E-state index in [-0.39, 0.29) is 4.91 Å². The highest BCUT2D eigenvalue weighted by atomic mass is 35.5. The van der Waals surface area contributed by atoms with Crippen LogP contribution in [0.3, 0.4) is 0 Å². The second kappa shape index (κ2) is 6.89. The molecule has 6 heteroatoms. The van der Waals surface area contributed by atoms with Crippen molar-refractivity contribution in [2.75, 3.05) is 5.32 Å². The van der Waals surface area contributed by atoms with E-state index in [2.05, 4.69) is 23.6 Å². The first-order valence-corrected chi connectivity index (χ1v) is 10.2. The fourth-order valence-electron chi connectivity index (χ4n) is 2.89. The number of halogens is 1. The van der Waals surface area contributed by atoms with Crippen LogP contribution in [0.4, 0.5) is 5.69 Å². The molecule has 0 amide bonds. The zero-order chi connectivity index (χ0) is 19.1. The summed E-state index contributed by atoms with van der Waals surface area (Å²) in [5.74, 6) is 0.690. The molecule has 1 aliphatic heterocycles. The van der Waals surface area contributed by atoms with Crippen LogP contribution in [0.25, 0.3) is 4.91 Å². The molecule has 1 heterocycles. The van der Waals surface area contributed by atoms with Crippen LogP contribution in [0.5, 0.6) is 0 Å². The van der Waals surface area contributed by atoms with Crippen molar-refractivity contribution in [2.24, 2.45) is 4.40 Å². The van der Waals surface area contributed by atoms with Crippen LogP contribution in [0.1, 0.15) is 43.4 Å². The summed E-state index contributed by atoms with van der Waals surface area (Å²) in [5, 5.41) is 3.57. The Morgan fingerprint density at radius 1 is 1.04 bits per heavy atom. The minimum absolute atomic E-state index is 0.235. The van der Waals surface area contributed by atoms with Crippen molar-refractivity contribution in [3.05, 3.63) is 69.8 Å². The molecule has 136 valence electrons. The molecule has 0 spiro atoms. The van der Waals surface area contributed by atoms with Gasteiger partial charge in [-0.2, -0.15) is 8.42 Å². The number of sulfonamides is 1. The van der Waals surface area contributed by atoms with Gasteiger partial charge in [0.2, 0.25) is 0 Å². The summed E-state index contributed by atoms with van der Waals surface area (Å²) < 4.78 is 29.1. The lowest BCUT2D eigenvalue weighted by molar-refractivity contribution is 0.608. The molecule has 0 saturated heterocycles. The highest BCUT2D eigenvalue weighted by Crippen LogP contribution is 2.34. The summed E-state index contributed by atoms with van der Waals surface area (Å²) in [7, 11) is -3.75. The zero-order valence-corrected chi connectivity index (χ0v) is 16.7. The van der Waals surface area contributed by atoms with Crippen LogP contribution in [-0.2, 0) is 10.0 Å². The van der Waals surface area contributed by atoms with Gasteiger partial charge in [-0.15, -0.1) is 4.40 Å². The maximum atomic E-state index is 12.6. The molecule has 0 radical (unpaired) electrons. The average Bonchev–Trinajstić information content (AvgIpc) is 2.79. The summed E-state index contributed by atoms with van der Waals surface area (Å²) in [6.45, 7) is 7.89. The molecule has 1 N–H and O–H groups in total. The third-order valence-corrected chi connectivity index (χ3v) is 6.18. The fraction of sp³-hybridized carbons (Fsp3) is 0.250. The molecule has 26 heavy (non-hydrogen) atoms. The lowest BCUT2D eigenvalue weighted by atomic mass is 10.0. The van der Waals surface area contributed by atoms with E-state index >= 15 is 0 Å². The summed E-state index contributed by atoms with van der Waals surface area (Å²) in [6.07, 6.45) is 0. The Labute approximate surface area is 159 Å². The molecule has 0 fully saturated rings. The highest BCUT2D eigenvalue weighted by molar-refractivity contribution is 8.00. The van der Waals surface area contributed by atoms with Crippen molar-refractivity contribution < 1.29 is 8.42 Å². The summed E-state index contributed by atoms with van der Waals surface area (Å²) in [4.78, 5) is 0.235. The van der Waals surface area contributed by atoms with E-state index < -0.39 is 10.0 Å². The van der Waals surface area contributed by atoms with E-state index in [0.29, 0.717) is 33.6 Å². The predicted molar refractivity (Wildman–Crippen MR) is 109 cm³/mol. The normalized spacial score (nSPS) is 16.2. The maximum Gasteiger partial charge on any atom is 0.285 e. The number of rotatable bonds is 3. The minimum atomic E-state index is -3.75. The largest absolute Gasteiger partial charge is 0.338 e. The minimum Gasteiger partial charge on any atom is -0.338 e. The standard InChI is InChI=1S/C20H21ClN2O2S/c1-12(2)15-6-8-16(9-7-15)19-14(4)20(23-26(19,24)25)22-18-10-5-13(3)11-17(18)21/h5-12H,1-4H3,(H,22,23). The first kappa shape index (κ1) is 18.7. The van der Waals surface area contributed by atoms with Gasteiger partial charge < -0.3 is 5.32 Å². The summed E-state index contributed by atoms with van der Waals surface area (Å²) in [5.41, 5.74) is 4.04. The van der Waals surface area contributed by atoms with Gasteiger partial charge in [0.15, 0.2) is 0 Å². The molecular formula is C20H21ClN2O2S. The number of nitrogens with zero attached hydrogens (tertiary/aromatic N) is 1. The third-order valence-electron chi connectivity index (χ3n) is 4.38. The van der Waals surface area contributed by atoms with Crippen LogP contribution in [0.2, 0.25) is 5.02 Å². The summed E-state index contributed by atoms with van der Waals surface area (Å²) in [6, 6.07) is 13.1. The molecule has 1 aliphatic rings. The Balaban J connectivity index is 1.99. The smallest absolute Gasteiger partial charge is 0.285 e. The molecule has 2 aromatic rings. The van der Waals surface area contributed by atoms with Gasteiger partial charge in [-0.05, 0) is 48.6 Å². The number of nitrogens with one attached hydrogen (secondary N) is 1. The first-order chi connectivity index (χ1) is 12.2. The van der Waals surface area contributed by atoms with Gasteiger partial charge >= 0.3 is 0 Å². The number of hydrogen-bond donors (Lipinski definition) is 1. The lowest BCUT2D eigenvalue weighted by Crippen LogP contribution is -2.11. The van der Waals surface area contributed by atoms with E-state index in [9.17, 15) is 8.42 Å². The van der Waals surface area contributed by atoms with E-state index in [4.69, 9.17) is 11.6 Å². The average molecular weight is 389 g/mol. The van der Waals surface area contributed by atoms with Crippen molar-refractivity contribution in [1.82, 2.24) is 0 Å². The SMILES string of the molecule is CC1=C(c2ccc(C(C)C)cc2)S(=O)(=O)N=C1Nc1ccc(C)cc1Cl. The number of benzene rings is 2. The van der Waals surface area contributed by atoms with Crippen molar-refractivity contribution in [2.45, 2.75) is 33.6 Å². The lowest BCUT2D eigenvalue weighted by Gasteiger charge is -2.10. The molecule has 0 saturated carbocycles. The maximum absolute atomic E-state index is 12.6. The molecule has 0 bridgehead atoms. The van der Waals surface area contributed by atoms with E-state index in [1.165, 1.54) is 0 Å². The zero-order valence-electron chi connectivity index (χ0n) is 15.2. The Morgan fingerprint density at radius 2 is 1.69 bits per heavy atom. The Kier molecular flexibility index (Phi) is 4.95. The first-order valence-electron chi connectivity index (χ1n) is 8.39. The quantitative estimate of drug-likeness (QED) is 0.770. The van der Waals surface area contributed by atoms with E-state index in [0.717, 1.165) is 11.1 Å². The molecule has 0 atom stereocenters. The third kappa shape index (κ3) is 3.55. The van der Waals surface area contributed by atoms with Gasteiger partial charge in [0.1, 0.15) is 10.7 Å². The van der Waals surface area contributed by atoms with Crippen LogP contribution >= 0.6 is 11.6 Å². The Morgan fingerprint density at radius 3 is 2.27 bits per heavy atom. The van der Waals surface area contributed by atoms with Gasteiger partial charge in [-0.3, -0.25) is 0 Å². The van der Waals surface area contributed by atoms with Crippen molar-refractivity contribution in [3.63, 3.8) is 0 Å². The van der Waals surface area contributed by atoms with E-state index in [1.54, 1.807) is 6.92 Å². The topological polar surface area (TPSA) is 58.5 Å². The highest BCUT2D eigenvalue weighted by Gasteiger charge is 2.31. The Bertz CT molecular complexity index is 1020. The molecule has 0 aromatic heterocycles.